The minimum absolute atomic E-state index is 0.149. The number of benzene rings is 1. The molecule has 0 aromatic heterocycles. The van der Waals surface area contributed by atoms with E-state index in [4.69, 9.17) is 23.2 Å². The summed E-state index contributed by atoms with van der Waals surface area (Å²) in [5.41, 5.74) is 3.15. The van der Waals surface area contributed by atoms with Gasteiger partial charge in [-0.05, 0) is 12.1 Å². The first-order valence-corrected chi connectivity index (χ1v) is 6.11. The number of amides is 1. The second-order valence-electron chi connectivity index (χ2n) is 4.91. The molecule has 1 aromatic carbocycles. The van der Waals surface area contributed by atoms with Crippen LogP contribution in [-0.4, -0.2) is 44.3 Å². The number of nitrogens with one attached hydrogen (secondary N) is 1. The molecule has 98 valence electrons. The van der Waals surface area contributed by atoms with Gasteiger partial charge in [0.15, 0.2) is 6.54 Å². The zero-order chi connectivity index (χ0) is 13.8. The van der Waals surface area contributed by atoms with Gasteiger partial charge in [0.25, 0.3) is 5.91 Å². The molecule has 0 atom stereocenters. The second kappa shape index (κ2) is 6.18. The normalized spacial score (nSPS) is 11.8. The molecule has 0 saturated heterocycles. The molecule has 1 amide bonds. The maximum Gasteiger partial charge on any atom is 0.295 e. The van der Waals surface area contributed by atoms with Crippen LogP contribution >= 0.6 is 23.2 Å². The standard InChI is InChI=1S/C12H15Cl2N3O/c1-17(2,3)8-12(18)16-15-7-9-4-5-10(13)6-11(9)14/h4-7H,8H2,1-3H3/p+1/b15-7-. The molecular formula is C12H16Cl2N3O+. The molecule has 1 N–H and O–H groups in total. The zero-order valence-electron chi connectivity index (χ0n) is 10.6. The summed E-state index contributed by atoms with van der Waals surface area (Å²) in [6.07, 6.45) is 1.49. The van der Waals surface area contributed by atoms with Crippen LogP contribution in [0.15, 0.2) is 23.3 Å². The summed E-state index contributed by atoms with van der Waals surface area (Å²) in [6, 6.07) is 5.07. The van der Waals surface area contributed by atoms with Gasteiger partial charge in [-0.15, -0.1) is 0 Å². The molecule has 18 heavy (non-hydrogen) atoms. The maximum atomic E-state index is 11.5. The van der Waals surface area contributed by atoms with E-state index in [2.05, 4.69) is 10.5 Å². The Morgan fingerprint density at radius 1 is 1.39 bits per heavy atom. The summed E-state index contributed by atoms with van der Waals surface area (Å²) in [6.45, 7) is 0.353. The fraction of sp³-hybridized carbons (Fsp3) is 0.333. The van der Waals surface area contributed by atoms with Gasteiger partial charge in [0, 0.05) is 10.6 Å². The van der Waals surface area contributed by atoms with Crippen molar-refractivity contribution >= 4 is 35.3 Å². The van der Waals surface area contributed by atoms with Gasteiger partial charge in [-0.2, -0.15) is 5.10 Å². The van der Waals surface area contributed by atoms with E-state index in [9.17, 15) is 4.79 Å². The smallest absolute Gasteiger partial charge is 0.295 e. The van der Waals surface area contributed by atoms with Gasteiger partial charge in [-0.3, -0.25) is 4.79 Å². The number of quaternary nitrogens is 1. The van der Waals surface area contributed by atoms with Crippen LogP contribution in [0.2, 0.25) is 10.0 Å². The van der Waals surface area contributed by atoms with Crippen molar-refractivity contribution in [2.24, 2.45) is 5.10 Å². The Labute approximate surface area is 117 Å². The summed E-state index contributed by atoms with van der Waals surface area (Å²) in [5, 5.41) is 4.91. The highest BCUT2D eigenvalue weighted by Crippen LogP contribution is 2.19. The highest BCUT2D eigenvalue weighted by molar-refractivity contribution is 6.36. The van der Waals surface area contributed by atoms with E-state index < -0.39 is 0 Å². The lowest BCUT2D eigenvalue weighted by Gasteiger charge is -2.21. The van der Waals surface area contributed by atoms with E-state index in [0.29, 0.717) is 26.6 Å². The second-order valence-corrected chi connectivity index (χ2v) is 5.75. The van der Waals surface area contributed by atoms with Crippen molar-refractivity contribution in [1.29, 1.82) is 0 Å². The molecule has 0 aliphatic carbocycles. The van der Waals surface area contributed by atoms with E-state index in [1.54, 1.807) is 18.2 Å². The molecule has 0 radical (unpaired) electrons. The molecule has 0 bridgehead atoms. The highest BCUT2D eigenvalue weighted by atomic mass is 35.5. The van der Waals surface area contributed by atoms with Gasteiger partial charge in [0.2, 0.25) is 0 Å². The highest BCUT2D eigenvalue weighted by Gasteiger charge is 2.13. The number of hydrogen-bond acceptors (Lipinski definition) is 2. The van der Waals surface area contributed by atoms with Gasteiger partial charge in [0.1, 0.15) is 0 Å². The summed E-state index contributed by atoms with van der Waals surface area (Å²) in [7, 11) is 5.79. The van der Waals surface area contributed by atoms with Gasteiger partial charge in [-0.1, -0.05) is 29.3 Å². The quantitative estimate of drug-likeness (QED) is 0.515. The Morgan fingerprint density at radius 2 is 2.06 bits per heavy atom. The predicted octanol–water partition coefficient (Wildman–Crippen LogP) is 2.15. The van der Waals surface area contributed by atoms with Crippen LogP contribution in [0.5, 0.6) is 0 Å². The van der Waals surface area contributed by atoms with Gasteiger partial charge < -0.3 is 4.48 Å². The van der Waals surface area contributed by atoms with Gasteiger partial charge in [-0.25, -0.2) is 5.43 Å². The average molecular weight is 289 g/mol. The molecule has 0 saturated carbocycles. The molecule has 1 aromatic rings. The van der Waals surface area contributed by atoms with Crippen LogP contribution in [-0.2, 0) is 4.79 Å². The molecule has 0 heterocycles. The van der Waals surface area contributed by atoms with E-state index in [1.807, 2.05) is 21.1 Å². The zero-order valence-corrected chi connectivity index (χ0v) is 12.1. The van der Waals surface area contributed by atoms with Gasteiger partial charge in [0.05, 0.1) is 32.4 Å². The molecular weight excluding hydrogens is 273 g/mol. The minimum atomic E-state index is -0.149. The summed E-state index contributed by atoms with van der Waals surface area (Å²) < 4.78 is 0.545. The largest absolute Gasteiger partial charge is 0.323 e. The van der Waals surface area contributed by atoms with E-state index in [0.717, 1.165) is 0 Å². The minimum Gasteiger partial charge on any atom is -0.323 e. The first-order chi connectivity index (χ1) is 8.28. The third kappa shape index (κ3) is 5.49. The fourth-order valence-electron chi connectivity index (χ4n) is 1.25. The Hall–Kier alpha value is -1.10. The Bertz CT molecular complexity index is 467. The lowest BCUT2D eigenvalue weighted by atomic mass is 10.2. The Morgan fingerprint density at radius 3 is 2.61 bits per heavy atom. The SMILES string of the molecule is C[N+](C)(C)CC(=O)N/N=C\c1ccc(Cl)cc1Cl. The van der Waals surface area contributed by atoms with Crippen LogP contribution in [0.3, 0.4) is 0 Å². The number of carbonyl (C=O) groups is 1. The first kappa shape index (κ1) is 15.0. The molecule has 6 heteroatoms. The number of hydrogen-bond donors (Lipinski definition) is 1. The Balaban J connectivity index is 2.58. The molecule has 0 aliphatic heterocycles. The van der Waals surface area contributed by atoms with E-state index in [-0.39, 0.29) is 5.91 Å². The summed E-state index contributed by atoms with van der Waals surface area (Å²) in [4.78, 5) is 11.5. The lowest BCUT2D eigenvalue weighted by molar-refractivity contribution is -0.862. The van der Waals surface area contributed by atoms with Crippen LogP contribution in [0.1, 0.15) is 5.56 Å². The number of hydrazone groups is 1. The van der Waals surface area contributed by atoms with Crippen LogP contribution < -0.4 is 5.43 Å². The van der Waals surface area contributed by atoms with Crippen LogP contribution in [0, 0.1) is 0 Å². The monoisotopic (exact) mass is 288 g/mol. The molecule has 0 unspecified atom stereocenters. The van der Waals surface area contributed by atoms with Crippen molar-refractivity contribution < 1.29 is 9.28 Å². The van der Waals surface area contributed by atoms with Crippen LogP contribution in [0.4, 0.5) is 0 Å². The molecule has 0 spiro atoms. The Kier molecular flexibility index (Phi) is 5.14. The van der Waals surface area contributed by atoms with Crippen molar-refractivity contribution in [1.82, 2.24) is 5.43 Å². The summed E-state index contributed by atoms with van der Waals surface area (Å²) >= 11 is 11.7. The van der Waals surface area contributed by atoms with Crippen molar-refractivity contribution in [3.05, 3.63) is 33.8 Å². The number of halogens is 2. The van der Waals surface area contributed by atoms with Crippen LogP contribution in [0.25, 0.3) is 0 Å². The maximum absolute atomic E-state index is 11.5. The van der Waals surface area contributed by atoms with Crippen molar-refractivity contribution in [2.45, 2.75) is 0 Å². The van der Waals surface area contributed by atoms with Gasteiger partial charge >= 0.3 is 0 Å². The van der Waals surface area contributed by atoms with Crippen molar-refractivity contribution in [2.75, 3.05) is 27.7 Å². The van der Waals surface area contributed by atoms with E-state index >= 15 is 0 Å². The van der Waals surface area contributed by atoms with E-state index in [1.165, 1.54) is 6.21 Å². The number of carbonyl (C=O) groups excluding carboxylic acids is 1. The number of likely N-dealkylation sites (N-methyl/N-ethyl adjacent to an activating group) is 1. The van der Waals surface area contributed by atoms with Crippen molar-refractivity contribution in [3.63, 3.8) is 0 Å². The molecule has 0 fully saturated rings. The number of nitrogens with zero attached hydrogens (tertiary/aromatic N) is 2. The fourth-order valence-corrected chi connectivity index (χ4v) is 1.70. The summed E-state index contributed by atoms with van der Waals surface area (Å²) in [5.74, 6) is -0.149. The third-order valence-corrected chi connectivity index (χ3v) is 2.54. The lowest BCUT2D eigenvalue weighted by Crippen LogP contribution is -2.43. The van der Waals surface area contributed by atoms with Crippen molar-refractivity contribution in [3.8, 4) is 0 Å². The first-order valence-electron chi connectivity index (χ1n) is 5.35. The average Bonchev–Trinajstić information content (AvgIpc) is 2.18. The topological polar surface area (TPSA) is 41.5 Å². The third-order valence-electron chi connectivity index (χ3n) is 1.97. The number of rotatable bonds is 4. The molecule has 1 rings (SSSR count). The molecule has 0 aliphatic rings. The molecule has 4 nitrogen and oxygen atoms in total. The predicted molar refractivity (Wildman–Crippen MR) is 75.1 cm³/mol.